The highest BCUT2D eigenvalue weighted by atomic mass is 16.5. The Morgan fingerprint density at radius 2 is 1.72 bits per heavy atom. The van der Waals surface area contributed by atoms with Crippen LogP contribution in [0.2, 0.25) is 0 Å². The molecule has 0 saturated heterocycles. The number of amides is 1. The Hall–Kier alpha value is -3.53. The summed E-state index contributed by atoms with van der Waals surface area (Å²) in [5.41, 5.74) is 2.64. The number of carbonyl (C=O) groups excluding carboxylic acids is 1. The minimum atomic E-state index is -0.222. The van der Waals surface area contributed by atoms with Crippen molar-refractivity contribution in [3.63, 3.8) is 0 Å². The van der Waals surface area contributed by atoms with E-state index in [1.165, 1.54) is 6.08 Å². The molecule has 0 radical (unpaired) electrons. The number of para-hydroxylation sites is 2. The molecule has 0 aliphatic carbocycles. The van der Waals surface area contributed by atoms with Gasteiger partial charge < -0.3 is 14.8 Å². The van der Waals surface area contributed by atoms with Gasteiger partial charge in [-0.05, 0) is 55.3 Å². The molecule has 4 nitrogen and oxygen atoms in total. The van der Waals surface area contributed by atoms with E-state index in [0.717, 1.165) is 16.9 Å². The zero-order valence-electron chi connectivity index (χ0n) is 16.7. The van der Waals surface area contributed by atoms with Gasteiger partial charge in [0, 0.05) is 6.08 Å². The Labute approximate surface area is 171 Å². The molecule has 0 saturated carbocycles. The molecule has 0 fully saturated rings. The molecule has 0 bridgehead atoms. The second-order valence-electron chi connectivity index (χ2n) is 6.83. The van der Waals surface area contributed by atoms with Crippen LogP contribution in [0.1, 0.15) is 25.0 Å². The summed E-state index contributed by atoms with van der Waals surface area (Å²) in [6.07, 6.45) is 3.29. The maximum absolute atomic E-state index is 12.3. The zero-order valence-corrected chi connectivity index (χ0v) is 16.7. The van der Waals surface area contributed by atoms with Crippen LogP contribution in [-0.2, 0) is 11.4 Å². The van der Waals surface area contributed by atoms with Gasteiger partial charge in [-0.3, -0.25) is 4.79 Å². The number of carbonyl (C=O) groups is 1. The van der Waals surface area contributed by atoms with Crippen LogP contribution in [0.3, 0.4) is 0 Å². The summed E-state index contributed by atoms with van der Waals surface area (Å²) in [6, 6.07) is 25.0. The van der Waals surface area contributed by atoms with Crippen LogP contribution in [0, 0.1) is 0 Å². The molecular weight excluding hydrogens is 362 g/mol. The van der Waals surface area contributed by atoms with Crippen LogP contribution in [0.15, 0.2) is 84.9 Å². The molecule has 1 amide bonds. The van der Waals surface area contributed by atoms with Crippen molar-refractivity contribution in [2.45, 2.75) is 26.6 Å². The standard InChI is InChI=1S/C25H25NO3/c1-19(2)29-24-14-7-6-13-23(24)26-25(27)16-15-20-11-8-12-22(17-20)28-18-21-9-4-3-5-10-21/h3-17,19H,18H2,1-2H3,(H,26,27)/b16-15+. The third kappa shape index (κ3) is 6.54. The average molecular weight is 387 g/mol. The summed E-state index contributed by atoms with van der Waals surface area (Å²) in [4.78, 5) is 12.3. The Morgan fingerprint density at radius 3 is 2.52 bits per heavy atom. The topological polar surface area (TPSA) is 47.6 Å². The van der Waals surface area contributed by atoms with Gasteiger partial charge in [0.15, 0.2) is 0 Å². The predicted molar refractivity (Wildman–Crippen MR) is 117 cm³/mol. The minimum Gasteiger partial charge on any atom is -0.489 e. The summed E-state index contributed by atoms with van der Waals surface area (Å²) < 4.78 is 11.6. The lowest BCUT2D eigenvalue weighted by atomic mass is 10.2. The Kier molecular flexibility index (Phi) is 7.06. The van der Waals surface area contributed by atoms with Crippen LogP contribution >= 0.6 is 0 Å². The van der Waals surface area contributed by atoms with Gasteiger partial charge in [0.2, 0.25) is 5.91 Å². The van der Waals surface area contributed by atoms with Gasteiger partial charge in [-0.1, -0.05) is 54.6 Å². The van der Waals surface area contributed by atoms with E-state index in [1.807, 2.05) is 92.7 Å². The first-order chi connectivity index (χ1) is 14.1. The largest absolute Gasteiger partial charge is 0.489 e. The monoisotopic (exact) mass is 387 g/mol. The van der Waals surface area contributed by atoms with Crippen molar-refractivity contribution in [3.05, 3.63) is 96.1 Å². The average Bonchev–Trinajstić information content (AvgIpc) is 2.73. The van der Waals surface area contributed by atoms with Crippen LogP contribution in [0.25, 0.3) is 6.08 Å². The lowest BCUT2D eigenvalue weighted by Crippen LogP contribution is -2.12. The van der Waals surface area contributed by atoms with Gasteiger partial charge >= 0.3 is 0 Å². The van der Waals surface area contributed by atoms with Crippen molar-refractivity contribution in [3.8, 4) is 11.5 Å². The van der Waals surface area contributed by atoms with Crippen molar-refractivity contribution in [1.82, 2.24) is 0 Å². The third-order valence-electron chi connectivity index (χ3n) is 4.04. The normalized spacial score (nSPS) is 10.9. The number of ether oxygens (including phenoxy) is 2. The van der Waals surface area contributed by atoms with E-state index in [4.69, 9.17) is 9.47 Å². The molecule has 0 aliphatic rings. The van der Waals surface area contributed by atoms with Crippen LogP contribution < -0.4 is 14.8 Å². The summed E-state index contributed by atoms with van der Waals surface area (Å²) >= 11 is 0. The number of anilines is 1. The number of hydrogen-bond acceptors (Lipinski definition) is 3. The molecule has 0 atom stereocenters. The molecule has 29 heavy (non-hydrogen) atoms. The van der Waals surface area contributed by atoms with Crippen molar-refractivity contribution < 1.29 is 14.3 Å². The summed E-state index contributed by atoms with van der Waals surface area (Å²) in [6.45, 7) is 4.40. The van der Waals surface area contributed by atoms with E-state index in [1.54, 1.807) is 6.08 Å². The Morgan fingerprint density at radius 1 is 0.966 bits per heavy atom. The first-order valence-electron chi connectivity index (χ1n) is 9.62. The number of hydrogen-bond donors (Lipinski definition) is 1. The lowest BCUT2D eigenvalue weighted by Gasteiger charge is -2.14. The molecule has 3 aromatic rings. The number of nitrogens with one attached hydrogen (secondary N) is 1. The molecule has 4 heteroatoms. The van der Waals surface area contributed by atoms with Gasteiger partial charge in [-0.25, -0.2) is 0 Å². The van der Waals surface area contributed by atoms with Crippen LogP contribution in [-0.4, -0.2) is 12.0 Å². The van der Waals surface area contributed by atoms with E-state index in [0.29, 0.717) is 18.0 Å². The summed E-state index contributed by atoms with van der Waals surface area (Å²) in [5.74, 6) is 1.19. The first-order valence-corrected chi connectivity index (χ1v) is 9.62. The van der Waals surface area contributed by atoms with Crippen molar-refractivity contribution in [1.29, 1.82) is 0 Å². The van der Waals surface area contributed by atoms with Gasteiger partial charge in [-0.15, -0.1) is 0 Å². The molecule has 0 unspecified atom stereocenters. The first kappa shape index (κ1) is 20.2. The quantitative estimate of drug-likeness (QED) is 0.504. The van der Waals surface area contributed by atoms with Gasteiger partial charge in [0.25, 0.3) is 0 Å². The van der Waals surface area contributed by atoms with E-state index in [9.17, 15) is 4.79 Å². The summed E-state index contributed by atoms with van der Waals surface area (Å²) in [7, 11) is 0. The van der Waals surface area contributed by atoms with E-state index >= 15 is 0 Å². The molecule has 3 aromatic carbocycles. The molecular formula is C25H25NO3. The second-order valence-corrected chi connectivity index (χ2v) is 6.83. The fourth-order valence-electron chi connectivity index (χ4n) is 2.72. The lowest BCUT2D eigenvalue weighted by molar-refractivity contribution is -0.111. The zero-order chi connectivity index (χ0) is 20.5. The number of rotatable bonds is 8. The Balaban J connectivity index is 1.60. The highest BCUT2D eigenvalue weighted by Gasteiger charge is 2.07. The second kappa shape index (κ2) is 10.1. The van der Waals surface area contributed by atoms with Crippen LogP contribution in [0.4, 0.5) is 5.69 Å². The van der Waals surface area contributed by atoms with E-state index in [2.05, 4.69) is 5.32 Å². The smallest absolute Gasteiger partial charge is 0.248 e. The molecule has 1 N–H and O–H groups in total. The SMILES string of the molecule is CC(C)Oc1ccccc1NC(=O)/C=C/c1cccc(OCc2ccccc2)c1. The molecule has 148 valence electrons. The molecule has 0 aliphatic heterocycles. The third-order valence-corrected chi connectivity index (χ3v) is 4.04. The molecule has 3 rings (SSSR count). The van der Waals surface area contributed by atoms with Gasteiger partial charge in [-0.2, -0.15) is 0 Å². The van der Waals surface area contributed by atoms with Gasteiger partial charge in [0.05, 0.1) is 11.8 Å². The molecule has 0 spiro atoms. The molecule has 0 aromatic heterocycles. The van der Waals surface area contributed by atoms with Crippen LogP contribution in [0.5, 0.6) is 11.5 Å². The predicted octanol–water partition coefficient (Wildman–Crippen LogP) is 5.70. The highest BCUT2D eigenvalue weighted by Crippen LogP contribution is 2.25. The molecule has 0 heterocycles. The van der Waals surface area contributed by atoms with E-state index in [-0.39, 0.29) is 12.0 Å². The summed E-state index contributed by atoms with van der Waals surface area (Å²) in [5, 5.41) is 2.87. The highest BCUT2D eigenvalue weighted by molar-refractivity contribution is 6.02. The fourth-order valence-corrected chi connectivity index (χ4v) is 2.72. The van der Waals surface area contributed by atoms with Gasteiger partial charge in [0.1, 0.15) is 18.1 Å². The van der Waals surface area contributed by atoms with Crippen molar-refractivity contribution in [2.24, 2.45) is 0 Å². The van der Waals surface area contributed by atoms with Crippen molar-refractivity contribution >= 4 is 17.7 Å². The number of benzene rings is 3. The van der Waals surface area contributed by atoms with Crippen molar-refractivity contribution in [2.75, 3.05) is 5.32 Å². The van der Waals surface area contributed by atoms with E-state index < -0.39 is 0 Å². The minimum absolute atomic E-state index is 0.0298. The fraction of sp³-hybridized carbons (Fsp3) is 0.160. The maximum atomic E-state index is 12.3. The Bertz CT molecular complexity index is 965. The maximum Gasteiger partial charge on any atom is 0.248 e.